The molecule has 1 aromatic carbocycles. The molecule has 0 aromatic heterocycles. The predicted molar refractivity (Wildman–Crippen MR) is 78.8 cm³/mol. The van der Waals surface area contributed by atoms with Gasteiger partial charge >= 0.3 is 0 Å². The minimum absolute atomic E-state index is 0.0651. The third-order valence-corrected chi connectivity index (χ3v) is 3.02. The highest BCUT2D eigenvalue weighted by atomic mass is 19.1. The number of benzene rings is 1. The van der Waals surface area contributed by atoms with Crippen molar-refractivity contribution in [2.45, 2.75) is 25.8 Å². The van der Waals surface area contributed by atoms with E-state index < -0.39 is 0 Å². The van der Waals surface area contributed by atoms with E-state index >= 15 is 0 Å². The smallest absolute Gasteiger partial charge is 0.258 e. The van der Waals surface area contributed by atoms with Gasteiger partial charge in [-0.05, 0) is 36.6 Å². The molecule has 0 bridgehead atoms. The van der Waals surface area contributed by atoms with Gasteiger partial charge in [-0.1, -0.05) is 6.92 Å². The number of nitrogens with two attached hydrogens (primary N) is 1. The molecule has 3 N–H and O–H groups in total. The topological polar surface area (TPSA) is 73.6 Å². The molecule has 0 radical (unpaired) electrons. The molecule has 1 unspecified atom stereocenters. The van der Waals surface area contributed by atoms with Gasteiger partial charge < -0.3 is 20.5 Å². The molecule has 1 amide bonds. The summed E-state index contributed by atoms with van der Waals surface area (Å²) >= 11 is 0. The fraction of sp³-hybridized carbons (Fsp3) is 0.533. The molecule has 0 aliphatic rings. The fourth-order valence-corrected chi connectivity index (χ4v) is 1.76. The number of methoxy groups -OCH3 is 1. The minimum Gasteiger partial charge on any atom is -0.483 e. The Balaban J connectivity index is 2.59. The number of halogens is 1. The Morgan fingerprint density at radius 1 is 1.48 bits per heavy atom. The molecule has 0 spiro atoms. The molecule has 0 aliphatic heterocycles. The van der Waals surface area contributed by atoms with Gasteiger partial charge in [0.2, 0.25) is 0 Å². The van der Waals surface area contributed by atoms with Crippen LogP contribution >= 0.6 is 0 Å². The average molecular weight is 298 g/mol. The zero-order valence-electron chi connectivity index (χ0n) is 12.5. The molecule has 21 heavy (non-hydrogen) atoms. The van der Waals surface area contributed by atoms with E-state index in [4.69, 9.17) is 15.2 Å². The van der Waals surface area contributed by atoms with Crippen LogP contribution in [0.1, 0.15) is 18.9 Å². The molecule has 5 nitrogen and oxygen atoms in total. The Kier molecular flexibility index (Phi) is 7.71. The van der Waals surface area contributed by atoms with Crippen molar-refractivity contribution in [2.75, 3.05) is 26.9 Å². The highest BCUT2D eigenvalue weighted by molar-refractivity contribution is 5.77. The van der Waals surface area contributed by atoms with Crippen LogP contribution in [0.4, 0.5) is 4.39 Å². The second-order valence-electron chi connectivity index (χ2n) is 4.76. The molecule has 6 heteroatoms. The normalized spacial score (nSPS) is 12.0. The van der Waals surface area contributed by atoms with E-state index in [9.17, 15) is 9.18 Å². The summed E-state index contributed by atoms with van der Waals surface area (Å²) in [5.41, 5.74) is 6.56. The van der Waals surface area contributed by atoms with Crippen molar-refractivity contribution in [3.05, 3.63) is 29.6 Å². The second kappa shape index (κ2) is 9.31. The second-order valence-corrected chi connectivity index (χ2v) is 4.76. The Hall–Kier alpha value is -1.66. The van der Waals surface area contributed by atoms with E-state index in [2.05, 4.69) is 5.32 Å². The van der Waals surface area contributed by atoms with E-state index in [1.165, 1.54) is 18.2 Å². The minimum atomic E-state index is -0.342. The van der Waals surface area contributed by atoms with E-state index in [-0.39, 0.29) is 24.4 Å². The first-order chi connectivity index (χ1) is 10.1. The lowest BCUT2D eigenvalue weighted by atomic mass is 10.0. The van der Waals surface area contributed by atoms with Crippen LogP contribution < -0.4 is 15.8 Å². The summed E-state index contributed by atoms with van der Waals surface area (Å²) in [6.45, 7) is 2.71. The molecule has 1 atom stereocenters. The third kappa shape index (κ3) is 6.55. The van der Waals surface area contributed by atoms with Gasteiger partial charge in [0.15, 0.2) is 6.61 Å². The van der Waals surface area contributed by atoms with Crippen LogP contribution in [0, 0.1) is 5.82 Å². The van der Waals surface area contributed by atoms with Crippen molar-refractivity contribution >= 4 is 5.91 Å². The van der Waals surface area contributed by atoms with E-state index in [1.54, 1.807) is 7.11 Å². The van der Waals surface area contributed by atoms with Gasteiger partial charge in [-0.15, -0.1) is 0 Å². The largest absolute Gasteiger partial charge is 0.483 e. The van der Waals surface area contributed by atoms with Gasteiger partial charge in [-0.3, -0.25) is 4.79 Å². The zero-order chi connectivity index (χ0) is 15.7. The molecule has 0 saturated carbocycles. The average Bonchev–Trinajstić information content (AvgIpc) is 2.46. The maximum absolute atomic E-state index is 13.3. The predicted octanol–water partition coefficient (Wildman–Crippen LogP) is 1.25. The molecule has 1 rings (SSSR count). The van der Waals surface area contributed by atoms with Crippen LogP contribution in [0.15, 0.2) is 18.2 Å². The number of amides is 1. The monoisotopic (exact) mass is 298 g/mol. The number of hydrogen-bond donors (Lipinski definition) is 2. The summed E-state index contributed by atoms with van der Waals surface area (Å²) in [5.74, 6) is -0.102. The van der Waals surface area contributed by atoms with Crippen LogP contribution in [-0.4, -0.2) is 38.8 Å². The molecule has 1 aromatic rings. The third-order valence-electron chi connectivity index (χ3n) is 3.02. The van der Waals surface area contributed by atoms with Gasteiger partial charge in [-0.25, -0.2) is 4.39 Å². The van der Waals surface area contributed by atoms with Crippen molar-refractivity contribution < 1.29 is 18.7 Å². The molecular weight excluding hydrogens is 275 g/mol. The summed E-state index contributed by atoms with van der Waals surface area (Å²) in [5, 5.41) is 2.65. The van der Waals surface area contributed by atoms with Crippen LogP contribution in [-0.2, 0) is 16.0 Å². The molecule has 0 fully saturated rings. The highest BCUT2D eigenvalue weighted by Crippen LogP contribution is 2.21. The van der Waals surface area contributed by atoms with Gasteiger partial charge in [-0.2, -0.15) is 0 Å². The lowest BCUT2D eigenvalue weighted by molar-refractivity contribution is -0.123. The number of carbonyl (C=O) groups is 1. The summed E-state index contributed by atoms with van der Waals surface area (Å²) in [6.07, 6.45) is 1.29. The van der Waals surface area contributed by atoms with Crippen molar-refractivity contribution in [3.8, 4) is 5.75 Å². The summed E-state index contributed by atoms with van der Waals surface area (Å²) in [4.78, 5) is 11.6. The summed E-state index contributed by atoms with van der Waals surface area (Å²) in [7, 11) is 1.56. The number of hydrogen-bond acceptors (Lipinski definition) is 4. The number of carbonyl (C=O) groups excluding carboxylic acids is 1. The quantitative estimate of drug-likeness (QED) is 0.673. The first-order valence-corrected chi connectivity index (χ1v) is 6.99. The maximum atomic E-state index is 13.3. The van der Waals surface area contributed by atoms with E-state index in [0.29, 0.717) is 30.9 Å². The van der Waals surface area contributed by atoms with Gasteiger partial charge in [0.1, 0.15) is 11.6 Å². The van der Waals surface area contributed by atoms with Crippen molar-refractivity contribution in [1.29, 1.82) is 0 Å². The first-order valence-electron chi connectivity index (χ1n) is 6.99. The Morgan fingerprint density at radius 2 is 2.24 bits per heavy atom. The standard InChI is InChI=1S/C15H23FN2O3/c1-3-13(17)9-11-8-12(16)4-5-14(11)21-10-15(19)18-6-7-20-2/h4-5,8,13H,3,6-7,9-10,17H2,1-2H3,(H,18,19). The molecular formula is C15H23FN2O3. The van der Waals surface area contributed by atoms with Crippen LogP contribution in [0.2, 0.25) is 0 Å². The molecule has 118 valence electrons. The van der Waals surface area contributed by atoms with Crippen molar-refractivity contribution in [1.82, 2.24) is 5.32 Å². The highest BCUT2D eigenvalue weighted by Gasteiger charge is 2.11. The Morgan fingerprint density at radius 3 is 2.90 bits per heavy atom. The fourth-order valence-electron chi connectivity index (χ4n) is 1.76. The Labute approximate surface area is 124 Å². The SMILES string of the molecule is CCC(N)Cc1cc(F)ccc1OCC(=O)NCCOC. The Bertz CT molecular complexity index is 455. The molecule has 0 heterocycles. The number of rotatable bonds is 9. The number of nitrogens with one attached hydrogen (secondary N) is 1. The molecule has 0 aliphatic carbocycles. The van der Waals surface area contributed by atoms with E-state index in [0.717, 1.165) is 6.42 Å². The van der Waals surface area contributed by atoms with E-state index in [1.807, 2.05) is 6.92 Å². The van der Waals surface area contributed by atoms with Gasteiger partial charge in [0.25, 0.3) is 5.91 Å². The maximum Gasteiger partial charge on any atom is 0.258 e. The number of ether oxygens (including phenoxy) is 2. The lowest BCUT2D eigenvalue weighted by Crippen LogP contribution is -2.31. The van der Waals surface area contributed by atoms with Crippen LogP contribution in [0.3, 0.4) is 0 Å². The first kappa shape index (κ1) is 17.4. The zero-order valence-corrected chi connectivity index (χ0v) is 12.5. The molecule has 0 saturated heterocycles. The van der Waals surface area contributed by atoms with Crippen molar-refractivity contribution in [3.63, 3.8) is 0 Å². The van der Waals surface area contributed by atoms with Gasteiger partial charge in [0.05, 0.1) is 6.61 Å². The van der Waals surface area contributed by atoms with Crippen LogP contribution in [0.25, 0.3) is 0 Å². The van der Waals surface area contributed by atoms with Crippen molar-refractivity contribution in [2.24, 2.45) is 5.73 Å². The summed E-state index contributed by atoms with van der Waals surface area (Å²) < 4.78 is 23.6. The summed E-state index contributed by atoms with van der Waals surface area (Å²) in [6, 6.07) is 4.16. The lowest BCUT2D eigenvalue weighted by Gasteiger charge is -2.14. The van der Waals surface area contributed by atoms with Crippen LogP contribution in [0.5, 0.6) is 5.75 Å². The van der Waals surface area contributed by atoms with Gasteiger partial charge in [0, 0.05) is 19.7 Å².